The highest BCUT2D eigenvalue weighted by atomic mass is 16.6. The van der Waals surface area contributed by atoms with Gasteiger partial charge in [-0.1, -0.05) is 0 Å². The normalized spacial score (nSPS) is 24.5. The molecule has 2 N–H and O–H groups in total. The van der Waals surface area contributed by atoms with Gasteiger partial charge in [-0.05, 0) is 39.0 Å². The molecule has 2 aliphatic rings. The Morgan fingerprint density at radius 1 is 1.39 bits per heavy atom. The molecule has 4 rings (SSSR count). The fourth-order valence-corrected chi connectivity index (χ4v) is 4.03. The van der Waals surface area contributed by atoms with Gasteiger partial charge in [-0.2, -0.15) is 5.10 Å². The van der Waals surface area contributed by atoms with Crippen molar-refractivity contribution >= 4 is 17.8 Å². The van der Waals surface area contributed by atoms with E-state index in [4.69, 9.17) is 9.15 Å². The van der Waals surface area contributed by atoms with Crippen molar-refractivity contribution in [3.63, 3.8) is 0 Å². The SMILES string of the molecule is C[C@H]1CCCN1C(=O)OC1CC[C@H](c2cc(NC(=O)Cc3cnco3)n[nH]2)C1. The number of hydrogen-bond acceptors (Lipinski definition) is 6. The second kappa shape index (κ2) is 8.04. The van der Waals surface area contributed by atoms with E-state index in [0.717, 1.165) is 44.3 Å². The summed E-state index contributed by atoms with van der Waals surface area (Å²) in [5.74, 6) is 1.00. The number of rotatable bonds is 5. The first-order valence-electron chi connectivity index (χ1n) is 9.78. The van der Waals surface area contributed by atoms with Gasteiger partial charge in [0.25, 0.3) is 0 Å². The van der Waals surface area contributed by atoms with Crippen molar-refractivity contribution in [1.29, 1.82) is 0 Å². The number of carbonyl (C=O) groups excluding carboxylic acids is 2. The van der Waals surface area contributed by atoms with Gasteiger partial charge in [-0.15, -0.1) is 0 Å². The monoisotopic (exact) mass is 387 g/mol. The Hall–Kier alpha value is -2.84. The summed E-state index contributed by atoms with van der Waals surface area (Å²) in [6.45, 7) is 2.85. The molecule has 2 fully saturated rings. The molecule has 2 aromatic rings. The van der Waals surface area contributed by atoms with Gasteiger partial charge in [0, 0.05) is 30.3 Å². The summed E-state index contributed by atoms with van der Waals surface area (Å²) in [5.41, 5.74) is 0.947. The summed E-state index contributed by atoms with van der Waals surface area (Å²) in [6.07, 6.45) is 7.26. The lowest BCUT2D eigenvalue weighted by Crippen LogP contribution is -2.36. The third-order valence-corrected chi connectivity index (χ3v) is 5.56. The molecule has 150 valence electrons. The number of likely N-dealkylation sites (tertiary alicyclic amines) is 1. The minimum Gasteiger partial charge on any atom is -0.448 e. The summed E-state index contributed by atoms with van der Waals surface area (Å²) in [6, 6.07) is 2.11. The van der Waals surface area contributed by atoms with E-state index in [-0.39, 0.29) is 36.5 Å². The van der Waals surface area contributed by atoms with E-state index in [1.54, 1.807) is 0 Å². The number of hydrogen-bond donors (Lipinski definition) is 2. The molecule has 1 aliphatic heterocycles. The minimum atomic E-state index is -0.215. The van der Waals surface area contributed by atoms with Gasteiger partial charge in [-0.3, -0.25) is 9.89 Å². The zero-order valence-corrected chi connectivity index (χ0v) is 15.9. The van der Waals surface area contributed by atoms with Crippen molar-refractivity contribution in [3.8, 4) is 0 Å². The van der Waals surface area contributed by atoms with Crippen LogP contribution in [-0.4, -0.2) is 50.8 Å². The van der Waals surface area contributed by atoms with Crippen LogP contribution in [0.1, 0.15) is 56.4 Å². The zero-order valence-electron chi connectivity index (χ0n) is 15.9. The summed E-state index contributed by atoms with van der Waals surface area (Å²) in [5, 5.41) is 9.91. The third kappa shape index (κ3) is 4.18. The van der Waals surface area contributed by atoms with Crippen molar-refractivity contribution in [3.05, 3.63) is 30.1 Å². The Morgan fingerprint density at radius 2 is 2.29 bits per heavy atom. The number of ether oxygens (including phenoxy) is 1. The van der Waals surface area contributed by atoms with E-state index in [2.05, 4.69) is 27.4 Å². The van der Waals surface area contributed by atoms with Gasteiger partial charge < -0.3 is 19.4 Å². The maximum atomic E-state index is 12.3. The number of carbonyl (C=O) groups is 2. The van der Waals surface area contributed by atoms with E-state index in [1.807, 2.05) is 11.0 Å². The summed E-state index contributed by atoms with van der Waals surface area (Å²) < 4.78 is 10.8. The van der Waals surface area contributed by atoms with E-state index in [9.17, 15) is 9.59 Å². The van der Waals surface area contributed by atoms with Gasteiger partial charge in [-0.25, -0.2) is 9.78 Å². The maximum absolute atomic E-state index is 12.3. The number of oxazole rings is 1. The molecular formula is C19H25N5O4. The Balaban J connectivity index is 1.27. The second-order valence-electron chi connectivity index (χ2n) is 7.60. The van der Waals surface area contributed by atoms with Crippen LogP contribution in [-0.2, 0) is 16.0 Å². The Labute approximate surface area is 162 Å². The number of nitrogens with one attached hydrogen (secondary N) is 2. The highest BCUT2D eigenvalue weighted by Gasteiger charge is 2.33. The molecule has 1 saturated carbocycles. The fraction of sp³-hybridized carbons (Fsp3) is 0.579. The maximum Gasteiger partial charge on any atom is 0.410 e. The van der Waals surface area contributed by atoms with Crippen LogP contribution < -0.4 is 5.32 Å². The molecule has 0 radical (unpaired) electrons. The first-order valence-corrected chi connectivity index (χ1v) is 9.78. The molecule has 28 heavy (non-hydrogen) atoms. The molecule has 2 amide bonds. The largest absolute Gasteiger partial charge is 0.448 e. The van der Waals surface area contributed by atoms with Crippen LogP contribution in [0.3, 0.4) is 0 Å². The van der Waals surface area contributed by atoms with Gasteiger partial charge in [0.15, 0.2) is 12.2 Å². The molecule has 0 bridgehead atoms. The fourth-order valence-electron chi connectivity index (χ4n) is 4.03. The Bertz CT molecular complexity index is 818. The average Bonchev–Trinajstić information content (AvgIpc) is 3.42. The van der Waals surface area contributed by atoms with Crippen LogP contribution in [0.4, 0.5) is 10.6 Å². The van der Waals surface area contributed by atoms with Gasteiger partial charge in [0.05, 0.1) is 12.6 Å². The number of aromatic nitrogens is 3. The van der Waals surface area contributed by atoms with Crippen molar-refractivity contribution in [1.82, 2.24) is 20.1 Å². The van der Waals surface area contributed by atoms with E-state index in [1.165, 1.54) is 12.6 Å². The molecule has 2 aromatic heterocycles. The summed E-state index contributed by atoms with van der Waals surface area (Å²) >= 11 is 0. The molecule has 3 atom stereocenters. The molecule has 1 aliphatic carbocycles. The number of aromatic amines is 1. The van der Waals surface area contributed by atoms with E-state index in [0.29, 0.717) is 11.6 Å². The molecule has 0 aromatic carbocycles. The number of H-pyrrole nitrogens is 1. The zero-order chi connectivity index (χ0) is 19.5. The highest BCUT2D eigenvalue weighted by Crippen LogP contribution is 2.36. The van der Waals surface area contributed by atoms with Crippen LogP contribution >= 0.6 is 0 Å². The summed E-state index contributed by atoms with van der Waals surface area (Å²) in [7, 11) is 0. The smallest absolute Gasteiger partial charge is 0.410 e. The Morgan fingerprint density at radius 3 is 3.04 bits per heavy atom. The van der Waals surface area contributed by atoms with Gasteiger partial charge in [0.1, 0.15) is 11.9 Å². The standard InChI is InChI=1S/C19H25N5O4/c1-12-3-2-6-24(12)19(26)28-14-5-4-13(7-14)16-9-17(23-22-16)21-18(25)8-15-10-20-11-27-15/h9-14H,2-8H2,1H3,(H2,21,22,23,25)/t12-,13-,14?/m0/s1. The first-order chi connectivity index (χ1) is 13.6. The van der Waals surface area contributed by atoms with E-state index < -0.39 is 0 Å². The predicted molar refractivity (Wildman–Crippen MR) is 99.7 cm³/mol. The van der Waals surface area contributed by atoms with Crippen LogP contribution in [0.5, 0.6) is 0 Å². The first kappa shape index (κ1) is 18.5. The summed E-state index contributed by atoms with van der Waals surface area (Å²) in [4.78, 5) is 30.0. The van der Waals surface area contributed by atoms with Gasteiger partial charge >= 0.3 is 6.09 Å². The molecular weight excluding hydrogens is 362 g/mol. The number of nitrogens with zero attached hydrogens (tertiary/aromatic N) is 3. The van der Waals surface area contributed by atoms with Crippen molar-refractivity contribution in [2.24, 2.45) is 0 Å². The van der Waals surface area contributed by atoms with Crippen LogP contribution in [0.15, 0.2) is 23.1 Å². The van der Waals surface area contributed by atoms with Crippen LogP contribution in [0.2, 0.25) is 0 Å². The molecule has 9 nitrogen and oxygen atoms in total. The second-order valence-corrected chi connectivity index (χ2v) is 7.60. The molecule has 3 heterocycles. The number of anilines is 1. The van der Waals surface area contributed by atoms with Gasteiger partial charge in [0.2, 0.25) is 5.91 Å². The molecule has 1 saturated heterocycles. The predicted octanol–water partition coefficient (Wildman–Crippen LogP) is 2.84. The minimum absolute atomic E-state index is 0.0712. The van der Waals surface area contributed by atoms with Crippen LogP contribution in [0, 0.1) is 0 Å². The van der Waals surface area contributed by atoms with Crippen molar-refractivity contribution in [2.75, 3.05) is 11.9 Å². The molecule has 0 spiro atoms. The van der Waals surface area contributed by atoms with Crippen LogP contribution in [0.25, 0.3) is 0 Å². The lowest BCUT2D eigenvalue weighted by molar-refractivity contribution is -0.115. The lowest BCUT2D eigenvalue weighted by Gasteiger charge is -2.23. The van der Waals surface area contributed by atoms with Crippen molar-refractivity contribution < 1.29 is 18.7 Å². The molecule has 9 heteroatoms. The van der Waals surface area contributed by atoms with E-state index >= 15 is 0 Å². The topological polar surface area (TPSA) is 113 Å². The third-order valence-electron chi connectivity index (χ3n) is 5.56. The molecule has 1 unspecified atom stereocenters. The Kier molecular flexibility index (Phi) is 5.31. The average molecular weight is 387 g/mol. The lowest BCUT2D eigenvalue weighted by atomic mass is 10.0. The highest BCUT2D eigenvalue weighted by molar-refractivity contribution is 5.91. The van der Waals surface area contributed by atoms with Crippen molar-refractivity contribution in [2.45, 2.75) is 63.5 Å². The number of amides is 2. The quantitative estimate of drug-likeness (QED) is 0.815.